The largest absolute Gasteiger partial charge is 0.497 e. The van der Waals surface area contributed by atoms with Gasteiger partial charge in [0, 0.05) is 18.8 Å². The van der Waals surface area contributed by atoms with E-state index < -0.39 is 18.1 Å². The second-order valence-corrected chi connectivity index (χ2v) is 8.32. The third kappa shape index (κ3) is 6.28. The van der Waals surface area contributed by atoms with Gasteiger partial charge in [-0.15, -0.1) is 0 Å². The number of carbonyl (C=O) groups is 1. The highest BCUT2D eigenvalue weighted by Crippen LogP contribution is 2.33. The molecule has 0 heterocycles. The molecule has 0 saturated heterocycles. The van der Waals surface area contributed by atoms with E-state index in [1.54, 1.807) is 7.11 Å². The first-order valence-corrected chi connectivity index (χ1v) is 11.6. The van der Waals surface area contributed by atoms with Crippen LogP contribution in [0.15, 0.2) is 115 Å². The van der Waals surface area contributed by atoms with Crippen LogP contribution in [0.1, 0.15) is 22.7 Å². The Morgan fingerprint density at radius 1 is 0.800 bits per heavy atom. The van der Waals surface area contributed by atoms with Crippen LogP contribution in [0.5, 0.6) is 5.75 Å². The van der Waals surface area contributed by atoms with Gasteiger partial charge in [-0.25, -0.2) is 0 Å². The first kappa shape index (κ1) is 24.0. The molecule has 0 aliphatic heterocycles. The van der Waals surface area contributed by atoms with Crippen molar-refractivity contribution in [3.8, 4) is 5.75 Å². The van der Waals surface area contributed by atoms with Crippen molar-refractivity contribution in [3.63, 3.8) is 0 Å². The van der Waals surface area contributed by atoms with Gasteiger partial charge in [0.15, 0.2) is 6.10 Å². The van der Waals surface area contributed by atoms with Crippen molar-refractivity contribution in [2.45, 2.75) is 25.2 Å². The van der Waals surface area contributed by atoms with Crippen LogP contribution in [-0.4, -0.2) is 24.2 Å². The second-order valence-electron chi connectivity index (χ2n) is 8.32. The molecule has 178 valence electrons. The van der Waals surface area contributed by atoms with E-state index in [4.69, 9.17) is 4.74 Å². The summed E-state index contributed by atoms with van der Waals surface area (Å²) in [6.45, 7) is 0.856. The molecule has 4 rings (SSSR count). The Labute approximate surface area is 206 Å². The molecule has 4 aromatic carbocycles. The molecule has 4 aromatic rings. The number of anilines is 1. The highest BCUT2D eigenvalue weighted by Gasteiger charge is 2.33. The highest BCUT2D eigenvalue weighted by atomic mass is 16.5. The van der Waals surface area contributed by atoms with Gasteiger partial charge in [0.05, 0.1) is 13.2 Å². The van der Waals surface area contributed by atoms with Crippen LogP contribution in [0, 0.1) is 0 Å². The number of ether oxygens (including phenoxy) is 1. The number of hydrogen-bond acceptors (Lipinski definition) is 4. The lowest BCUT2D eigenvalue weighted by Gasteiger charge is -2.37. The summed E-state index contributed by atoms with van der Waals surface area (Å²) in [5.41, 5.74) is 3.77. The van der Waals surface area contributed by atoms with Crippen molar-refractivity contribution >= 4 is 11.6 Å². The summed E-state index contributed by atoms with van der Waals surface area (Å²) in [6, 6.07) is 36.4. The van der Waals surface area contributed by atoms with E-state index in [0.717, 1.165) is 28.1 Å². The minimum Gasteiger partial charge on any atom is -0.497 e. The summed E-state index contributed by atoms with van der Waals surface area (Å²) < 4.78 is 5.34. The summed E-state index contributed by atoms with van der Waals surface area (Å²) >= 11 is 0. The molecule has 35 heavy (non-hydrogen) atoms. The lowest BCUT2D eigenvalue weighted by Crippen LogP contribution is -2.45. The molecule has 0 bridgehead atoms. The van der Waals surface area contributed by atoms with Gasteiger partial charge in [0.1, 0.15) is 5.75 Å². The van der Waals surface area contributed by atoms with Crippen molar-refractivity contribution < 1.29 is 14.6 Å². The first-order valence-electron chi connectivity index (χ1n) is 11.6. The van der Waals surface area contributed by atoms with Gasteiger partial charge in [-0.3, -0.25) is 4.79 Å². The van der Waals surface area contributed by atoms with Crippen molar-refractivity contribution in [2.75, 3.05) is 12.0 Å². The lowest BCUT2D eigenvalue weighted by molar-refractivity contribution is -0.130. The Balaban J connectivity index is 1.69. The average Bonchev–Trinajstić information content (AvgIpc) is 2.93. The number of nitrogens with zero attached hydrogens (tertiary/aromatic N) is 1. The van der Waals surface area contributed by atoms with Crippen LogP contribution >= 0.6 is 0 Å². The normalized spacial score (nSPS) is 12.4. The third-order valence-corrected chi connectivity index (χ3v) is 5.95. The van der Waals surface area contributed by atoms with Crippen molar-refractivity contribution in [2.24, 2.45) is 0 Å². The monoisotopic (exact) mass is 466 g/mol. The lowest BCUT2D eigenvalue weighted by atomic mass is 9.97. The van der Waals surface area contributed by atoms with E-state index in [0.29, 0.717) is 13.1 Å². The molecular formula is C30H30N2O3. The summed E-state index contributed by atoms with van der Waals surface area (Å²) in [5, 5.41) is 14.3. The van der Waals surface area contributed by atoms with Crippen LogP contribution in [0.4, 0.5) is 5.69 Å². The molecule has 5 nitrogen and oxygen atoms in total. The number of nitrogens with one attached hydrogen (secondary N) is 1. The Morgan fingerprint density at radius 2 is 1.34 bits per heavy atom. The smallest absolute Gasteiger partial charge is 0.251 e. The molecule has 0 spiro atoms. The van der Waals surface area contributed by atoms with E-state index >= 15 is 0 Å². The number of rotatable bonds is 10. The topological polar surface area (TPSA) is 61.8 Å². The zero-order chi connectivity index (χ0) is 24.5. The van der Waals surface area contributed by atoms with Crippen LogP contribution < -0.4 is 15.0 Å². The molecule has 0 unspecified atom stereocenters. The summed E-state index contributed by atoms with van der Waals surface area (Å²) in [7, 11) is 1.63. The van der Waals surface area contributed by atoms with Crippen molar-refractivity contribution in [1.29, 1.82) is 0 Å². The summed E-state index contributed by atoms with van der Waals surface area (Å²) in [5.74, 6) is 0.320. The molecule has 1 amide bonds. The fourth-order valence-electron chi connectivity index (χ4n) is 4.12. The van der Waals surface area contributed by atoms with E-state index in [1.807, 2.05) is 115 Å². The van der Waals surface area contributed by atoms with Crippen LogP contribution in [0.25, 0.3) is 0 Å². The molecule has 5 heteroatoms. The predicted molar refractivity (Wildman–Crippen MR) is 139 cm³/mol. The minimum atomic E-state index is -1.30. The number of aliphatic hydroxyl groups is 1. The van der Waals surface area contributed by atoms with E-state index in [9.17, 15) is 9.90 Å². The van der Waals surface area contributed by atoms with Gasteiger partial charge in [0.2, 0.25) is 0 Å². The van der Waals surface area contributed by atoms with E-state index in [2.05, 4.69) is 10.2 Å². The average molecular weight is 467 g/mol. The van der Waals surface area contributed by atoms with Gasteiger partial charge >= 0.3 is 0 Å². The highest BCUT2D eigenvalue weighted by molar-refractivity contribution is 5.82. The maximum atomic E-state index is 13.2. The first-order chi connectivity index (χ1) is 17.2. The Morgan fingerprint density at radius 3 is 1.91 bits per heavy atom. The molecule has 0 aromatic heterocycles. The fraction of sp³-hybridized carbons (Fsp3) is 0.167. The zero-order valence-electron chi connectivity index (χ0n) is 19.7. The molecule has 0 radical (unpaired) electrons. The molecule has 0 saturated carbocycles. The standard InChI is InChI=1S/C30H30N2O3/c1-35-27-19-17-26(18-20-27)32(22-24-13-7-3-8-14-24)28(25-15-9-4-10-16-25)29(33)30(34)31-21-23-11-5-2-6-12-23/h2-20,28-29,33H,21-22H2,1H3,(H,31,34)/t28-,29+/m1/s1. The molecule has 0 aliphatic carbocycles. The quantitative estimate of drug-likeness (QED) is 0.341. The van der Waals surface area contributed by atoms with Crippen molar-refractivity contribution in [3.05, 3.63) is 132 Å². The Bertz CT molecular complexity index is 1180. The number of amides is 1. The van der Waals surface area contributed by atoms with Crippen molar-refractivity contribution in [1.82, 2.24) is 5.32 Å². The van der Waals surface area contributed by atoms with Crippen LogP contribution in [-0.2, 0) is 17.9 Å². The van der Waals surface area contributed by atoms with Gasteiger partial charge in [-0.05, 0) is 41.0 Å². The van der Waals surface area contributed by atoms with Gasteiger partial charge in [-0.1, -0.05) is 91.0 Å². The zero-order valence-corrected chi connectivity index (χ0v) is 19.7. The number of hydrogen-bond donors (Lipinski definition) is 2. The van der Waals surface area contributed by atoms with Crippen LogP contribution in [0.3, 0.4) is 0 Å². The summed E-state index contributed by atoms with van der Waals surface area (Å²) in [4.78, 5) is 15.3. The van der Waals surface area contributed by atoms with E-state index in [1.165, 1.54) is 0 Å². The SMILES string of the molecule is COc1ccc(N(Cc2ccccc2)[C@H](c2ccccc2)[C@H](O)C(=O)NCc2ccccc2)cc1. The number of carbonyl (C=O) groups excluding carboxylic acids is 1. The fourth-order valence-corrected chi connectivity index (χ4v) is 4.12. The molecule has 2 N–H and O–H groups in total. The summed E-state index contributed by atoms with van der Waals surface area (Å²) in [6.07, 6.45) is -1.30. The molecular weight excluding hydrogens is 436 g/mol. The Kier molecular flexibility index (Phi) is 8.15. The van der Waals surface area contributed by atoms with E-state index in [-0.39, 0.29) is 0 Å². The van der Waals surface area contributed by atoms with Crippen LogP contribution in [0.2, 0.25) is 0 Å². The number of benzene rings is 4. The number of methoxy groups -OCH3 is 1. The Hall–Kier alpha value is -4.09. The predicted octanol–water partition coefficient (Wildman–Crippen LogP) is 5.12. The molecule has 0 aliphatic rings. The second kappa shape index (κ2) is 11.9. The number of aliphatic hydroxyl groups excluding tert-OH is 1. The van der Waals surface area contributed by atoms with Gasteiger partial charge in [0.25, 0.3) is 5.91 Å². The molecule has 2 atom stereocenters. The van der Waals surface area contributed by atoms with Gasteiger partial charge in [-0.2, -0.15) is 0 Å². The van der Waals surface area contributed by atoms with Gasteiger partial charge < -0.3 is 20.1 Å². The minimum absolute atomic E-state index is 0.347. The maximum Gasteiger partial charge on any atom is 0.251 e. The molecule has 0 fully saturated rings. The maximum absolute atomic E-state index is 13.2. The third-order valence-electron chi connectivity index (χ3n) is 5.95.